The van der Waals surface area contributed by atoms with Gasteiger partial charge in [0.25, 0.3) is 0 Å². The third-order valence-electron chi connectivity index (χ3n) is 5.05. The minimum atomic E-state index is -0.174. The van der Waals surface area contributed by atoms with Crippen molar-refractivity contribution in [2.75, 3.05) is 23.3 Å². The van der Waals surface area contributed by atoms with Crippen LogP contribution in [0.15, 0.2) is 66.2 Å². The lowest BCUT2D eigenvalue weighted by Crippen LogP contribution is -2.41. The number of carbonyl (C=O) groups is 1. The van der Waals surface area contributed by atoms with Gasteiger partial charge in [0, 0.05) is 36.4 Å². The van der Waals surface area contributed by atoms with Crippen molar-refractivity contribution in [3.8, 4) is 0 Å². The first-order chi connectivity index (χ1) is 12.6. The first-order valence-electron chi connectivity index (χ1n) is 9.20. The van der Waals surface area contributed by atoms with E-state index in [0.717, 1.165) is 12.2 Å². The molecule has 1 aliphatic heterocycles. The van der Waals surface area contributed by atoms with E-state index in [4.69, 9.17) is 0 Å². The topological polar surface area (TPSA) is 44.4 Å². The highest BCUT2D eigenvalue weighted by molar-refractivity contribution is 5.89. The predicted molar refractivity (Wildman–Crippen MR) is 109 cm³/mol. The molecule has 0 aliphatic carbocycles. The van der Waals surface area contributed by atoms with Gasteiger partial charge in [0.2, 0.25) is 0 Å². The maximum absolute atomic E-state index is 12.1. The Labute approximate surface area is 155 Å². The number of nitrogens with one attached hydrogen (secondary N) is 2. The van der Waals surface area contributed by atoms with E-state index < -0.39 is 0 Å². The molecule has 2 unspecified atom stereocenters. The lowest BCUT2D eigenvalue weighted by Gasteiger charge is -2.32. The fourth-order valence-corrected chi connectivity index (χ4v) is 3.51. The standard InChI is InChI=1S/C22H27N3O/c1-16-15-17(2)20-11-7-8-12-21(20)25(18(16)3)14-13-23-22(26)24-19-9-5-4-6-10-19/h4-12,15,17-18H,13-14H2,1-3H3,(H2,23,24,26). The van der Waals surface area contributed by atoms with E-state index in [-0.39, 0.29) is 6.03 Å². The normalized spacial score (nSPS) is 19.2. The van der Waals surface area contributed by atoms with Gasteiger partial charge in [-0.1, -0.05) is 55.0 Å². The molecule has 26 heavy (non-hydrogen) atoms. The van der Waals surface area contributed by atoms with Gasteiger partial charge in [-0.2, -0.15) is 0 Å². The summed E-state index contributed by atoms with van der Waals surface area (Å²) < 4.78 is 0. The van der Waals surface area contributed by atoms with Gasteiger partial charge in [0.15, 0.2) is 0 Å². The van der Waals surface area contributed by atoms with Crippen molar-refractivity contribution in [2.45, 2.75) is 32.7 Å². The van der Waals surface area contributed by atoms with Crippen molar-refractivity contribution in [2.24, 2.45) is 0 Å². The fourth-order valence-electron chi connectivity index (χ4n) is 3.51. The monoisotopic (exact) mass is 349 g/mol. The molecule has 1 aliphatic rings. The molecule has 0 spiro atoms. The van der Waals surface area contributed by atoms with E-state index in [0.29, 0.717) is 18.5 Å². The number of hydrogen-bond acceptors (Lipinski definition) is 2. The van der Waals surface area contributed by atoms with E-state index in [1.54, 1.807) is 0 Å². The number of benzene rings is 2. The van der Waals surface area contributed by atoms with E-state index in [1.165, 1.54) is 16.8 Å². The molecule has 2 aromatic rings. The average molecular weight is 349 g/mol. The molecule has 0 saturated heterocycles. The summed E-state index contributed by atoms with van der Waals surface area (Å²) in [5, 5.41) is 5.82. The number of anilines is 2. The number of para-hydroxylation sites is 2. The highest BCUT2D eigenvalue weighted by Crippen LogP contribution is 2.35. The van der Waals surface area contributed by atoms with Gasteiger partial charge in [-0.25, -0.2) is 4.79 Å². The number of urea groups is 1. The van der Waals surface area contributed by atoms with Gasteiger partial charge >= 0.3 is 6.03 Å². The Balaban J connectivity index is 1.65. The molecular weight excluding hydrogens is 322 g/mol. The zero-order valence-corrected chi connectivity index (χ0v) is 15.7. The van der Waals surface area contributed by atoms with Crippen LogP contribution in [0, 0.1) is 0 Å². The Morgan fingerprint density at radius 2 is 1.73 bits per heavy atom. The van der Waals surface area contributed by atoms with Crippen LogP contribution in [0.3, 0.4) is 0 Å². The molecule has 0 bridgehead atoms. The highest BCUT2D eigenvalue weighted by atomic mass is 16.2. The van der Waals surface area contributed by atoms with Crippen molar-refractivity contribution in [1.82, 2.24) is 5.32 Å². The summed E-state index contributed by atoms with van der Waals surface area (Å²) in [5.74, 6) is 0.396. The van der Waals surface area contributed by atoms with Gasteiger partial charge in [-0.3, -0.25) is 0 Å². The van der Waals surface area contributed by atoms with E-state index in [2.05, 4.69) is 66.6 Å². The van der Waals surface area contributed by atoms with E-state index in [9.17, 15) is 4.79 Å². The molecule has 2 atom stereocenters. The van der Waals surface area contributed by atoms with Crippen LogP contribution in [0.4, 0.5) is 16.2 Å². The molecule has 0 saturated carbocycles. The van der Waals surface area contributed by atoms with Gasteiger partial charge in [0.1, 0.15) is 0 Å². The third kappa shape index (κ3) is 4.07. The van der Waals surface area contributed by atoms with Crippen LogP contribution in [0.5, 0.6) is 0 Å². The molecule has 2 amide bonds. The molecule has 0 radical (unpaired) electrons. The first-order valence-corrected chi connectivity index (χ1v) is 9.20. The third-order valence-corrected chi connectivity index (χ3v) is 5.05. The number of rotatable bonds is 4. The predicted octanol–water partition coefficient (Wildman–Crippen LogP) is 4.77. The molecule has 4 heteroatoms. The largest absolute Gasteiger partial charge is 0.363 e. The van der Waals surface area contributed by atoms with Crippen molar-refractivity contribution >= 4 is 17.4 Å². The van der Waals surface area contributed by atoms with Gasteiger partial charge in [-0.05, 0) is 37.6 Å². The van der Waals surface area contributed by atoms with Crippen LogP contribution < -0.4 is 15.5 Å². The molecule has 0 aromatic heterocycles. The van der Waals surface area contributed by atoms with Gasteiger partial charge in [0.05, 0.1) is 0 Å². The number of carbonyl (C=O) groups excluding carboxylic acids is 1. The van der Waals surface area contributed by atoms with Crippen molar-refractivity contribution < 1.29 is 4.79 Å². The summed E-state index contributed by atoms with van der Waals surface area (Å²) in [4.78, 5) is 14.5. The molecule has 1 heterocycles. The van der Waals surface area contributed by atoms with Gasteiger partial charge in [-0.15, -0.1) is 0 Å². The fraction of sp³-hybridized carbons (Fsp3) is 0.318. The average Bonchev–Trinajstić information content (AvgIpc) is 2.73. The van der Waals surface area contributed by atoms with Crippen LogP contribution in [-0.4, -0.2) is 25.2 Å². The number of nitrogens with zero attached hydrogens (tertiary/aromatic N) is 1. The zero-order chi connectivity index (χ0) is 18.5. The Morgan fingerprint density at radius 3 is 2.50 bits per heavy atom. The number of amides is 2. The summed E-state index contributed by atoms with van der Waals surface area (Å²) in [6.07, 6.45) is 2.35. The minimum Gasteiger partial charge on any atom is -0.363 e. The van der Waals surface area contributed by atoms with Crippen molar-refractivity contribution in [1.29, 1.82) is 0 Å². The Hall–Kier alpha value is -2.75. The van der Waals surface area contributed by atoms with E-state index >= 15 is 0 Å². The molecule has 136 valence electrons. The summed E-state index contributed by atoms with van der Waals surface area (Å²) in [6, 6.07) is 18.2. The highest BCUT2D eigenvalue weighted by Gasteiger charge is 2.24. The smallest absolute Gasteiger partial charge is 0.319 e. The Kier molecular flexibility index (Phi) is 5.61. The maximum atomic E-state index is 12.1. The molecular formula is C22H27N3O. The van der Waals surface area contributed by atoms with Crippen molar-refractivity contribution in [3.05, 3.63) is 71.8 Å². The quantitative estimate of drug-likeness (QED) is 0.781. The first kappa shape index (κ1) is 18.1. The second-order valence-electron chi connectivity index (χ2n) is 6.87. The maximum Gasteiger partial charge on any atom is 0.319 e. The van der Waals surface area contributed by atoms with Crippen LogP contribution in [0.1, 0.15) is 32.3 Å². The number of hydrogen-bond donors (Lipinski definition) is 2. The Bertz CT molecular complexity index is 785. The summed E-state index contributed by atoms with van der Waals surface area (Å²) >= 11 is 0. The van der Waals surface area contributed by atoms with Crippen LogP contribution in [0.2, 0.25) is 0 Å². The van der Waals surface area contributed by atoms with Crippen LogP contribution >= 0.6 is 0 Å². The van der Waals surface area contributed by atoms with Gasteiger partial charge < -0.3 is 15.5 Å². The minimum absolute atomic E-state index is 0.174. The second-order valence-corrected chi connectivity index (χ2v) is 6.87. The summed E-state index contributed by atoms with van der Waals surface area (Å²) in [5.41, 5.74) is 4.75. The summed E-state index contributed by atoms with van der Waals surface area (Å²) in [6.45, 7) is 8.00. The number of fused-ring (bicyclic) bond motifs is 1. The second kappa shape index (κ2) is 8.09. The molecule has 2 N–H and O–H groups in total. The molecule has 2 aromatic carbocycles. The van der Waals surface area contributed by atoms with E-state index in [1.807, 2.05) is 30.3 Å². The van der Waals surface area contributed by atoms with Crippen molar-refractivity contribution in [3.63, 3.8) is 0 Å². The molecule has 3 rings (SSSR count). The summed E-state index contributed by atoms with van der Waals surface area (Å²) in [7, 11) is 0. The molecule has 0 fully saturated rings. The Morgan fingerprint density at radius 1 is 1.04 bits per heavy atom. The van der Waals surface area contributed by atoms with Crippen LogP contribution in [-0.2, 0) is 0 Å². The molecule has 4 nitrogen and oxygen atoms in total. The lowest BCUT2D eigenvalue weighted by atomic mass is 9.98. The zero-order valence-electron chi connectivity index (χ0n) is 15.7. The number of allylic oxidation sites excluding steroid dienone is 1. The SMILES string of the molecule is CC1=CC(C)c2ccccc2N(CCNC(=O)Nc2ccccc2)C1C. The van der Waals surface area contributed by atoms with Crippen LogP contribution in [0.25, 0.3) is 0 Å². The lowest BCUT2D eigenvalue weighted by molar-refractivity contribution is 0.252.